The van der Waals surface area contributed by atoms with Gasteiger partial charge >= 0.3 is 5.97 Å². The summed E-state index contributed by atoms with van der Waals surface area (Å²) in [5.41, 5.74) is 2.71. The minimum absolute atomic E-state index is 0.283. The minimum Gasteiger partial charge on any atom is -0.457 e. The van der Waals surface area contributed by atoms with E-state index in [1.807, 2.05) is 63.5 Å². The molecule has 0 spiro atoms. The molecule has 0 bridgehead atoms. The highest BCUT2D eigenvalue weighted by atomic mass is 16.5. The Bertz CT molecular complexity index is 506. The van der Waals surface area contributed by atoms with Crippen LogP contribution < -0.4 is 5.32 Å². The van der Waals surface area contributed by atoms with Crippen molar-refractivity contribution in [3.8, 4) is 0 Å². The maximum Gasteiger partial charge on any atom is 0.338 e. The molecule has 2 aromatic rings. The maximum atomic E-state index is 11.7. The Kier molecular flexibility index (Phi) is 7.07. The van der Waals surface area contributed by atoms with Crippen molar-refractivity contribution in [2.24, 2.45) is 0 Å². The summed E-state index contributed by atoms with van der Waals surface area (Å²) < 4.78 is 5.22. The van der Waals surface area contributed by atoms with Crippen molar-refractivity contribution in [2.75, 3.05) is 14.1 Å². The molecule has 0 fully saturated rings. The highest BCUT2D eigenvalue weighted by molar-refractivity contribution is 5.89. The van der Waals surface area contributed by atoms with Crippen LogP contribution in [0.5, 0.6) is 0 Å². The van der Waals surface area contributed by atoms with Crippen LogP contribution >= 0.6 is 0 Å². The molecule has 0 heterocycles. The molecular weight excluding hydrogens is 250 g/mol. The van der Waals surface area contributed by atoms with Crippen molar-refractivity contribution in [2.45, 2.75) is 13.5 Å². The Hall–Kier alpha value is -2.13. The van der Waals surface area contributed by atoms with E-state index < -0.39 is 0 Å². The van der Waals surface area contributed by atoms with E-state index in [9.17, 15) is 4.79 Å². The lowest BCUT2D eigenvalue weighted by molar-refractivity contribution is 0.0472. The monoisotopic (exact) mass is 271 g/mol. The molecule has 0 amide bonds. The molecule has 106 valence electrons. The van der Waals surface area contributed by atoms with E-state index in [4.69, 9.17) is 4.74 Å². The van der Waals surface area contributed by atoms with Gasteiger partial charge in [-0.1, -0.05) is 48.0 Å². The lowest BCUT2D eigenvalue weighted by Gasteiger charge is -2.05. The molecule has 0 radical (unpaired) electrons. The van der Waals surface area contributed by atoms with Gasteiger partial charge < -0.3 is 10.1 Å². The van der Waals surface area contributed by atoms with E-state index in [1.165, 1.54) is 0 Å². The third-order valence-corrected chi connectivity index (χ3v) is 2.50. The van der Waals surface area contributed by atoms with Gasteiger partial charge in [0.25, 0.3) is 0 Å². The fourth-order valence-electron chi connectivity index (χ4n) is 1.50. The molecule has 0 aromatic heterocycles. The first-order chi connectivity index (χ1) is 9.67. The number of hydrogen-bond acceptors (Lipinski definition) is 3. The topological polar surface area (TPSA) is 38.3 Å². The standard InChI is InChI=1S/C15H14O2.C2H7N/c1-12-7-9-14(10-8-12)15(16)17-11-13-5-3-2-4-6-13;1-3-2/h2-10H,11H2,1H3;3H,1-2H3. The predicted octanol–water partition coefficient (Wildman–Crippen LogP) is 3.19. The molecule has 0 aliphatic carbocycles. The third-order valence-electron chi connectivity index (χ3n) is 2.50. The summed E-state index contributed by atoms with van der Waals surface area (Å²) in [5.74, 6) is -0.283. The minimum atomic E-state index is -0.283. The molecule has 0 saturated carbocycles. The van der Waals surface area contributed by atoms with E-state index in [1.54, 1.807) is 12.1 Å². The van der Waals surface area contributed by atoms with Crippen LogP contribution in [0.2, 0.25) is 0 Å². The quantitative estimate of drug-likeness (QED) is 0.871. The average Bonchev–Trinajstić information content (AvgIpc) is 2.47. The molecule has 3 nitrogen and oxygen atoms in total. The van der Waals surface area contributed by atoms with Gasteiger partial charge in [-0.3, -0.25) is 0 Å². The number of carbonyl (C=O) groups excluding carboxylic acids is 1. The summed E-state index contributed by atoms with van der Waals surface area (Å²) in [7, 11) is 3.75. The van der Waals surface area contributed by atoms with Crippen LogP contribution in [0, 0.1) is 6.92 Å². The first kappa shape index (κ1) is 15.9. The normalized spacial score (nSPS) is 9.35. The fraction of sp³-hybridized carbons (Fsp3) is 0.235. The van der Waals surface area contributed by atoms with E-state index in [0.717, 1.165) is 11.1 Å². The summed E-state index contributed by atoms with van der Waals surface area (Å²) in [6.07, 6.45) is 0. The summed E-state index contributed by atoms with van der Waals surface area (Å²) in [4.78, 5) is 11.7. The number of benzene rings is 2. The fourth-order valence-corrected chi connectivity index (χ4v) is 1.50. The second-order valence-corrected chi connectivity index (χ2v) is 4.43. The first-order valence-corrected chi connectivity index (χ1v) is 6.53. The summed E-state index contributed by atoms with van der Waals surface area (Å²) in [6, 6.07) is 17.0. The van der Waals surface area contributed by atoms with Crippen molar-refractivity contribution < 1.29 is 9.53 Å². The van der Waals surface area contributed by atoms with Gasteiger partial charge in [0.05, 0.1) is 5.56 Å². The average molecular weight is 271 g/mol. The van der Waals surface area contributed by atoms with Gasteiger partial charge in [-0.05, 0) is 38.7 Å². The number of rotatable bonds is 3. The zero-order chi connectivity index (χ0) is 14.8. The molecular formula is C17H21NO2. The van der Waals surface area contributed by atoms with Crippen LogP contribution in [0.3, 0.4) is 0 Å². The molecule has 0 saturated heterocycles. The molecule has 0 atom stereocenters. The van der Waals surface area contributed by atoms with Gasteiger partial charge in [-0.15, -0.1) is 0 Å². The van der Waals surface area contributed by atoms with Crippen LogP contribution in [0.4, 0.5) is 0 Å². The maximum absolute atomic E-state index is 11.7. The van der Waals surface area contributed by atoms with Gasteiger partial charge in [0, 0.05) is 0 Å². The van der Waals surface area contributed by atoms with Gasteiger partial charge in [0.15, 0.2) is 0 Å². The highest BCUT2D eigenvalue weighted by Crippen LogP contribution is 2.07. The van der Waals surface area contributed by atoms with Crippen molar-refractivity contribution in [1.82, 2.24) is 5.32 Å². The Morgan fingerprint density at radius 1 is 1.00 bits per heavy atom. The second kappa shape index (κ2) is 8.88. The Morgan fingerprint density at radius 2 is 1.55 bits per heavy atom. The SMILES string of the molecule is CNC.Cc1ccc(C(=O)OCc2ccccc2)cc1. The molecule has 0 aliphatic rings. The molecule has 2 rings (SSSR count). The van der Waals surface area contributed by atoms with Crippen molar-refractivity contribution >= 4 is 5.97 Å². The summed E-state index contributed by atoms with van der Waals surface area (Å²) >= 11 is 0. The number of aryl methyl sites for hydroxylation is 1. The zero-order valence-corrected chi connectivity index (χ0v) is 12.2. The van der Waals surface area contributed by atoms with E-state index in [2.05, 4.69) is 5.32 Å². The first-order valence-electron chi connectivity index (χ1n) is 6.53. The Morgan fingerprint density at radius 3 is 2.10 bits per heavy atom. The number of ether oxygens (including phenoxy) is 1. The van der Waals surface area contributed by atoms with Crippen LogP contribution in [0.15, 0.2) is 54.6 Å². The van der Waals surface area contributed by atoms with Crippen molar-refractivity contribution in [3.63, 3.8) is 0 Å². The highest BCUT2D eigenvalue weighted by Gasteiger charge is 2.06. The summed E-state index contributed by atoms with van der Waals surface area (Å²) in [6.45, 7) is 2.30. The van der Waals surface area contributed by atoms with Crippen LogP contribution in [0.25, 0.3) is 0 Å². The molecule has 2 aromatic carbocycles. The Balaban J connectivity index is 0.000000612. The van der Waals surface area contributed by atoms with E-state index in [-0.39, 0.29) is 5.97 Å². The van der Waals surface area contributed by atoms with Gasteiger partial charge in [0.2, 0.25) is 0 Å². The number of carbonyl (C=O) groups is 1. The Labute approximate surface area is 120 Å². The van der Waals surface area contributed by atoms with Crippen LogP contribution in [0.1, 0.15) is 21.5 Å². The third kappa shape index (κ3) is 5.67. The van der Waals surface area contributed by atoms with Gasteiger partial charge in [-0.25, -0.2) is 4.79 Å². The number of esters is 1. The van der Waals surface area contributed by atoms with Gasteiger partial charge in [-0.2, -0.15) is 0 Å². The number of nitrogens with one attached hydrogen (secondary N) is 1. The largest absolute Gasteiger partial charge is 0.457 e. The van der Waals surface area contributed by atoms with E-state index in [0.29, 0.717) is 12.2 Å². The molecule has 1 N–H and O–H groups in total. The van der Waals surface area contributed by atoms with E-state index >= 15 is 0 Å². The predicted molar refractivity (Wildman–Crippen MR) is 81.7 cm³/mol. The van der Waals surface area contributed by atoms with Crippen molar-refractivity contribution in [1.29, 1.82) is 0 Å². The van der Waals surface area contributed by atoms with Crippen LogP contribution in [-0.4, -0.2) is 20.1 Å². The summed E-state index contributed by atoms with van der Waals surface area (Å²) in [5, 5.41) is 2.75. The molecule has 0 unspecified atom stereocenters. The smallest absolute Gasteiger partial charge is 0.338 e. The van der Waals surface area contributed by atoms with Crippen molar-refractivity contribution in [3.05, 3.63) is 71.3 Å². The lowest BCUT2D eigenvalue weighted by atomic mass is 10.1. The molecule has 0 aliphatic heterocycles. The van der Waals surface area contributed by atoms with Gasteiger partial charge in [0.1, 0.15) is 6.61 Å². The molecule has 3 heteroatoms. The second-order valence-electron chi connectivity index (χ2n) is 4.43. The molecule has 20 heavy (non-hydrogen) atoms. The number of hydrogen-bond donors (Lipinski definition) is 1. The lowest BCUT2D eigenvalue weighted by Crippen LogP contribution is -2.04. The zero-order valence-electron chi connectivity index (χ0n) is 12.2. The van der Waals surface area contributed by atoms with Crippen LogP contribution in [-0.2, 0) is 11.3 Å².